The monoisotopic (exact) mass is 656 g/mol. The van der Waals surface area contributed by atoms with Gasteiger partial charge >= 0.3 is 0 Å². The predicted octanol–water partition coefficient (Wildman–Crippen LogP) is 13.6. The van der Waals surface area contributed by atoms with Crippen LogP contribution in [0.2, 0.25) is 0 Å². The third-order valence-electron chi connectivity index (χ3n) is 10.3. The molecule has 0 aliphatic heterocycles. The van der Waals surface area contributed by atoms with E-state index in [0.29, 0.717) is 0 Å². The summed E-state index contributed by atoms with van der Waals surface area (Å²) in [6.07, 6.45) is 0. The molecule has 0 aliphatic carbocycles. The van der Waals surface area contributed by atoms with Gasteiger partial charge in [0.05, 0.1) is 0 Å². The highest BCUT2D eigenvalue weighted by molar-refractivity contribution is 7.64. The zero-order chi connectivity index (χ0) is 33.8. The van der Waals surface area contributed by atoms with Crippen LogP contribution in [0.25, 0.3) is 87.6 Å². The Labute approximate surface area is 295 Å². The van der Waals surface area contributed by atoms with E-state index in [2.05, 4.69) is 190 Å². The molecule has 0 aliphatic rings. The second-order valence-corrected chi connectivity index (χ2v) is 15.9. The Morgan fingerprint density at radius 2 is 0.800 bits per heavy atom. The van der Waals surface area contributed by atoms with E-state index < -0.39 is 0 Å². The molecule has 0 spiro atoms. The van der Waals surface area contributed by atoms with Gasteiger partial charge in [-0.15, -0.1) is 0 Å². The van der Waals surface area contributed by atoms with E-state index in [-0.39, 0.29) is 7.92 Å². The van der Waals surface area contributed by atoms with Crippen molar-refractivity contribution in [2.45, 2.75) is 6.92 Å². The average molecular weight is 657 g/mol. The highest BCUT2D eigenvalue weighted by Crippen LogP contribution is 2.46. The summed E-state index contributed by atoms with van der Waals surface area (Å²) in [7, 11) is -0.277. The summed E-state index contributed by atoms with van der Waals surface area (Å²) in [4.78, 5) is 0. The molecule has 0 bridgehead atoms. The van der Waals surface area contributed by atoms with Crippen LogP contribution in [-0.4, -0.2) is 13.3 Å². The smallest absolute Gasteiger partial charge is 0.00259 e. The van der Waals surface area contributed by atoms with Crippen LogP contribution in [0.15, 0.2) is 170 Å². The second-order valence-electron chi connectivity index (χ2n) is 13.6. The van der Waals surface area contributed by atoms with E-state index in [0.717, 1.165) is 0 Å². The molecule has 1 heteroatoms. The van der Waals surface area contributed by atoms with Gasteiger partial charge in [0.25, 0.3) is 0 Å². The number of benzene rings is 9. The third kappa shape index (κ3) is 5.20. The maximum Gasteiger partial charge on any atom is -0.00259 e. The molecule has 0 amide bonds. The lowest BCUT2D eigenvalue weighted by Crippen LogP contribution is -2.00. The molecule has 238 valence electrons. The van der Waals surface area contributed by atoms with Crippen LogP contribution in [0, 0.1) is 6.92 Å². The molecule has 9 aromatic carbocycles. The number of aryl methyl sites for hydroxylation is 1. The first-order valence-corrected chi connectivity index (χ1v) is 19.6. The van der Waals surface area contributed by atoms with Gasteiger partial charge in [0, 0.05) is 0 Å². The minimum atomic E-state index is -0.277. The SMILES string of the molecule is Cc1ccc2c(-c3cccc(-c4cccc5ccccc45)c3)c3cc(P(C)C)ccc3c(-c3cccc(-c4cccc5ccccc45)c3)c2c1. The lowest BCUT2D eigenvalue weighted by atomic mass is 9.84. The fourth-order valence-electron chi connectivity index (χ4n) is 7.87. The molecule has 0 unspecified atom stereocenters. The molecule has 0 radical (unpaired) electrons. The van der Waals surface area contributed by atoms with Crippen molar-refractivity contribution in [2.75, 3.05) is 13.3 Å². The van der Waals surface area contributed by atoms with Gasteiger partial charge in [0.1, 0.15) is 0 Å². The molecule has 0 aromatic heterocycles. The van der Waals surface area contributed by atoms with Crippen molar-refractivity contribution < 1.29 is 0 Å². The molecule has 0 atom stereocenters. The summed E-state index contributed by atoms with van der Waals surface area (Å²) in [5.41, 5.74) is 11.4. The number of hydrogen-bond donors (Lipinski definition) is 0. The van der Waals surface area contributed by atoms with E-state index in [4.69, 9.17) is 0 Å². The Morgan fingerprint density at radius 3 is 1.36 bits per heavy atom. The van der Waals surface area contributed by atoms with Crippen LogP contribution in [0.3, 0.4) is 0 Å². The van der Waals surface area contributed by atoms with Gasteiger partial charge in [-0.05, 0) is 131 Å². The van der Waals surface area contributed by atoms with E-state index in [1.165, 1.54) is 98.5 Å². The Morgan fingerprint density at radius 1 is 0.340 bits per heavy atom. The van der Waals surface area contributed by atoms with Crippen LogP contribution in [0.5, 0.6) is 0 Å². The Kier molecular flexibility index (Phi) is 7.57. The van der Waals surface area contributed by atoms with E-state index in [1.807, 2.05) is 0 Å². The van der Waals surface area contributed by atoms with Crippen molar-refractivity contribution in [1.82, 2.24) is 0 Å². The van der Waals surface area contributed by atoms with Crippen LogP contribution in [0.1, 0.15) is 5.56 Å². The number of hydrogen-bond acceptors (Lipinski definition) is 0. The predicted molar refractivity (Wildman–Crippen MR) is 221 cm³/mol. The Balaban J connectivity index is 1.33. The molecule has 0 N–H and O–H groups in total. The maximum atomic E-state index is 2.48. The van der Waals surface area contributed by atoms with Crippen molar-refractivity contribution in [1.29, 1.82) is 0 Å². The topological polar surface area (TPSA) is 0 Å². The van der Waals surface area contributed by atoms with Crippen molar-refractivity contribution in [2.24, 2.45) is 0 Å². The highest BCUT2D eigenvalue weighted by Gasteiger charge is 2.19. The molecular weight excluding hydrogens is 620 g/mol. The highest BCUT2D eigenvalue weighted by atomic mass is 31.1. The summed E-state index contributed by atoms with van der Waals surface area (Å²) in [5, 5.41) is 11.7. The van der Waals surface area contributed by atoms with Gasteiger partial charge < -0.3 is 0 Å². The molecule has 0 heterocycles. The van der Waals surface area contributed by atoms with E-state index in [9.17, 15) is 0 Å². The summed E-state index contributed by atoms with van der Waals surface area (Å²) < 4.78 is 0. The summed E-state index contributed by atoms with van der Waals surface area (Å²) in [6.45, 7) is 6.93. The van der Waals surface area contributed by atoms with Crippen LogP contribution in [0.4, 0.5) is 0 Å². The standard InChI is InChI=1S/C49H37P/c1-32-24-26-44-46(28-32)48(37-18-8-16-35(29-37)42-22-10-14-33-12-4-6-20-40(33)42)45-27-25-39(50(2)3)31-47(45)49(44)38-19-9-17-36(30-38)43-23-11-15-34-13-5-7-21-41(34)43/h4-31H,1-3H3. The second kappa shape index (κ2) is 12.4. The normalized spacial score (nSPS) is 11.7. The fraction of sp³-hybridized carbons (Fsp3) is 0.0612. The minimum absolute atomic E-state index is 0.277. The first-order chi connectivity index (χ1) is 24.5. The number of fused-ring (bicyclic) bond motifs is 4. The molecule has 0 saturated heterocycles. The van der Waals surface area contributed by atoms with E-state index >= 15 is 0 Å². The average Bonchev–Trinajstić information content (AvgIpc) is 3.16. The maximum absolute atomic E-state index is 2.48. The van der Waals surface area contributed by atoms with E-state index in [1.54, 1.807) is 0 Å². The Bertz CT molecular complexity index is 2740. The van der Waals surface area contributed by atoms with Gasteiger partial charge in [-0.1, -0.05) is 165 Å². The number of rotatable bonds is 5. The van der Waals surface area contributed by atoms with Crippen molar-refractivity contribution in [3.05, 3.63) is 175 Å². The lowest BCUT2D eigenvalue weighted by Gasteiger charge is -2.20. The minimum Gasteiger partial charge on any atom is -0.0817 e. The molecule has 9 rings (SSSR count). The molecule has 50 heavy (non-hydrogen) atoms. The van der Waals surface area contributed by atoms with Gasteiger partial charge in [-0.2, -0.15) is 0 Å². The molecule has 0 saturated carbocycles. The van der Waals surface area contributed by atoms with Crippen molar-refractivity contribution in [3.63, 3.8) is 0 Å². The zero-order valence-corrected chi connectivity index (χ0v) is 29.5. The van der Waals surface area contributed by atoms with Crippen molar-refractivity contribution >= 4 is 56.3 Å². The quantitative estimate of drug-likeness (QED) is 0.128. The third-order valence-corrected chi connectivity index (χ3v) is 11.6. The van der Waals surface area contributed by atoms with Crippen LogP contribution >= 0.6 is 7.92 Å². The van der Waals surface area contributed by atoms with Crippen LogP contribution in [-0.2, 0) is 0 Å². The summed E-state index contributed by atoms with van der Waals surface area (Å²) in [6, 6.07) is 63.3. The van der Waals surface area contributed by atoms with Crippen molar-refractivity contribution in [3.8, 4) is 44.5 Å². The summed E-state index contributed by atoms with van der Waals surface area (Å²) >= 11 is 0. The zero-order valence-electron chi connectivity index (χ0n) is 28.6. The van der Waals surface area contributed by atoms with Gasteiger partial charge in [0.15, 0.2) is 0 Å². The fourth-order valence-corrected chi connectivity index (χ4v) is 8.63. The van der Waals surface area contributed by atoms with Gasteiger partial charge in [-0.25, -0.2) is 0 Å². The van der Waals surface area contributed by atoms with Gasteiger partial charge in [0.2, 0.25) is 0 Å². The largest absolute Gasteiger partial charge is 0.0817 e. The first kappa shape index (κ1) is 30.5. The molecule has 0 fully saturated rings. The first-order valence-electron chi connectivity index (χ1n) is 17.4. The molecule has 0 nitrogen and oxygen atoms in total. The van der Waals surface area contributed by atoms with Gasteiger partial charge in [-0.3, -0.25) is 0 Å². The lowest BCUT2D eigenvalue weighted by molar-refractivity contribution is 1.51. The molecule has 9 aromatic rings. The Hall–Kier alpha value is -5.55. The van der Waals surface area contributed by atoms with Crippen LogP contribution < -0.4 is 5.30 Å². The summed E-state index contributed by atoms with van der Waals surface area (Å²) in [5.74, 6) is 0. The molecular formula is C49H37P.